The van der Waals surface area contributed by atoms with Crippen LogP contribution in [0.3, 0.4) is 0 Å². The average Bonchev–Trinajstić information content (AvgIpc) is 2.16. The van der Waals surface area contributed by atoms with E-state index < -0.39 is 0 Å². The molecule has 0 aromatic rings. The Balaban J connectivity index is 3.39. The number of rotatable bonds is 8. The van der Waals surface area contributed by atoms with Crippen molar-refractivity contribution in [2.75, 3.05) is 5.75 Å². The van der Waals surface area contributed by atoms with Gasteiger partial charge in [-0.3, -0.25) is 0 Å². The lowest BCUT2D eigenvalue weighted by Crippen LogP contribution is -1.88. The first-order chi connectivity index (χ1) is 6.35. The lowest BCUT2D eigenvalue weighted by atomic mass is 10.6. The van der Waals surface area contributed by atoms with Gasteiger partial charge >= 0.3 is 0 Å². The molecule has 78 valence electrons. The first-order valence-corrected chi connectivity index (χ1v) is 9.22. The predicted molar refractivity (Wildman–Crippen MR) is 74.4 cm³/mol. The SMILES string of the molecule is C/C=C\SSC(CC)SSCCC. The standard InChI is InChI=1S/C9H18S4/c1-4-7-10-12-9(6-3)13-11-8-5-2/h4,7,9H,5-6,8H2,1-3H3/b7-4-. The molecule has 0 spiro atoms. The molecule has 0 rings (SSSR count). The van der Waals surface area contributed by atoms with Gasteiger partial charge in [0.1, 0.15) is 0 Å². The molecule has 0 aliphatic heterocycles. The van der Waals surface area contributed by atoms with Gasteiger partial charge in [0.15, 0.2) is 0 Å². The minimum atomic E-state index is 0.734. The molecule has 1 atom stereocenters. The van der Waals surface area contributed by atoms with Gasteiger partial charge in [0, 0.05) is 5.75 Å². The molecular formula is C9H18S4. The van der Waals surface area contributed by atoms with Crippen LogP contribution in [0.15, 0.2) is 11.5 Å². The van der Waals surface area contributed by atoms with Crippen molar-refractivity contribution in [2.45, 2.75) is 38.2 Å². The van der Waals surface area contributed by atoms with Crippen LogP contribution in [-0.2, 0) is 0 Å². The smallest absolute Gasteiger partial charge is 0.0710 e. The van der Waals surface area contributed by atoms with Gasteiger partial charge in [0.2, 0.25) is 0 Å². The Morgan fingerprint density at radius 2 is 2.00 bits per heavy atom. The third-order valence-electron chi connectivity index (χ3n) is 1.15. The van der Waals surface area contributed by atoms with Crippen molar-refractivity contribution in [3.8, 4) is 0 Å². The lowest BCUT2D eigenvalue weighted by Gasteiger charge is -2.10. The van der Waals surface area contributed by atoms with Gasteiger partial charge in [-0.2, -0.15) is 0 Å². The van der Waals surface area contributed by atoms with Crippen LogP contribution in [0.5, 0.6) is 0 Å². The Morgan fingerprint density at radius 3 is 2.54 bits per heavy atom. The predicted octanol–water partition coefficient (Wildman–Crippen LogP) is 5.43. The van der Waals surface area contributed by atoms with E-state index >= 15 is 0 Å². The molecular weight excluding hydrogens is 236 g/mol. The fourth-order valence-corrected chi connectivity index (χ4v) is 6.64. The second kappa shape index (κ2) is 11.2. The summed E-state index contributed by atoms with van der Waals surface area (Å²) in [6.07, 6.45) is 4.62. The fraction of sp³-hybridized carbons (Fsp3) is 0.778. The molecule has 0 aliphatic carbocycles. The molecule has 0 N–H and O–H groups in total. The van der Waals surface area contributed by atoms with E-state index in [4.69, 9.17) is 0 Å². The summed E-state index contributed by atoms with van der Waals surface area (Å²) in [6.45, 7) is 6.55. The van der Waals surface area contributed by atoms with Gasteiger partial charge < -0.3 is 0 Å². The molecule has 0 aromatic carbocycles. The van der Waals surface area contributed by atoms with Crippen LogP contribution in [-0.4, -0.2) is 10.3 Å². The number of hydrogen-bond donors (Lipinski definition) is 0. The summed E-state index contributed by atoms with van der Waals surface area (Å²) in [5.74, 6) is 1.27. The van der Waals surface area contributed by atoms with Crippen molar-refractivity contribution < 1.29 is 0 Å². The molecule has 0 bridgehead atoms. The summed E-state index contributed by atoms with van der Waals surface area (Å²) in [6, 6.07) is 0. The van der Waals surface area contributed by atoms with Crippen molar-refractivity contribution in [3.05, 3.63) is 11.5 Å². The topological polar surface area (TPSA) is 0 Å². The summed E-state index contributed by atoms with van der Waals surface area (Å²) in [7, 11) is 7.84. The van der Waals surface area contributed by atoms with Crippen LogP contribution in [0.2, 0.25) is 0 Å². The first-order valence-electron chi connectivity index (χ1n) is 4.56. The van der Waals surface area contributed by atoms with Gasteiger partial charge in [-0.1, -0.05) is 63.1 Å². The second-order valence-corrected chi connectivity index (χ2v) is 7.79. The Kier molecular flexibility index (Phi) is 12.2. The Hall–Kier alpha value is 1.14. The number of hydrogen-bond acceptors (Lipinski definition) is 4. The lowest BCUT2D eigenvalue weighted by molar-refractivity contribution is 1.07. The van der Waals surface area contributed by atoms with Crippen LogP contribution >= 0.6 is 43.2 Å². The number of allylic oxidation sites excluding steroid dienone is 1. The van der Waals surface area contributed by atoms with Gasteiger partial charge in [-0.15, -0.1) is 0 Å². The second-order valence-electron chi connectivity index (χ2n) is 2.42. The monoisotopic (exact) mass is 254 g/mol. The molecule has 0 aromatic heterocycles. The molecule has 0 amide bonds. The highest BCUT2D eigenvalue weighted by Gasteiger charge is 2.06. The zero-order chi connectivity index (χ0) is 9.94. The third kappa shape index (κ3) is 9.44. The van der Waals surface area contributed by atoms with Crippen LogP contribution < -0.4 is 0 Å². The molecule has 0 radical (unpaired) electrons. The Morgan fingerprint density at radius 1 is 1.23 bits per heavy atom. The molecule has 0 saturated heterocycles. The minimum absolute atomic E-state index is 0.734. The van der Waals surface area contributed by atoms with E-state index in [1.54, 1.807) is 0 Å². The largest absolute Gasteiger partial charge is 0.0930 e. The quantitative estimate of drug-likeness (QED) is 0.322. The molecule has 0 fully saturated rings. The van der Waals surface area contributed by atoms with E-state index in [-0.39, 0.29) is 0 Å². The zero-order valence-corrected chi connectivity index (χ0v) is 11.8. The summed E-state index contributed by atoms with van der Waals surface area (Å²) in [5.41, 5.74) is 0. The van der Waals surface area contributed by atoms with E-state index in [0.29, 0.717) is 0 Å². The molecule has 1 unspecified atom stereocenters. The molecule has 4 heteroatoms. The van der Waals surface area contributed by atoms with Gasteiger partial charge in [0.25, 0.3) is 0 Å². The summed E-state index contributed by atoms with van der Waals surface area (Å²) in [5, 5.41) is 2.15. The highest BCUT2D eigenvalue weighted by Crippen LogP contribution is 2.41. The molecule has 0 nitrogen and oxygen atoms in total. The summed E-state index contributed by atoms with van der Waals surface area (Å²) in [4.78, 5) is 0. The van der Waals surface area contributed by atoms with Crippen molar-refractivity contribution >= 4 is 43.2 Å². The zero-order valence-electron chi connectivity index (χ0n) is 8.49. The van der Waals surface area contributed by atoms with Crippen LogP contribution in [0, 0.1) is 0 Å². The maximum atomic E-state index is 2.26. The average molecular weight is 255 g/mol. The van der Waals surface area contributed by atoms with Crippen molar-refractivity contribution in [2.24, 2.45) is 0 Å². The maximum Gasteiger partial charge on any atom is 0.0710 e. The minimum Gasteiger partial charge on any atom is -0.0930 e. The van der Waals surface area contributed by atoms with Crippen molar-refractivity contribution in [1.82, 2.24) is 0 Å². The Bertz CT molecular complexity index is 125. The van der Waals surface area contributed by atoms with Crippen LogP contribution in [0.4, 0.5) is 0 Å². The van der Waals surface area contributed by atoms with Crippen molar-refractivity contribution in [3.63, 3.8) is 0 Å². The Labute approximate surface area is 98.3 Å². The maximum absolute atomic E-state index is 2.26. The fourth-order valence-electron chi connectivity index (χ4n) is 0.509. The summed E-state index contributed by atoms with van der Waals surface area (Å²) < 4.78 is 0.734. The third-order valence-corrected chi connectivity index (χ3v) is 7.73. The van der Waals surface area contributed by atoms with Gasteiger partial charge in [-0.25, -0.2) is 0 Å². The van der Waals surface area contributed by atoms with Crippen molar-refractivity contribution in [1.29, 1.82) is 0 Å². The first kappa shape index (κ1) is 14.1. The highest BCUT2D eigenvalue weighted by molar-refractivity contribution is 8.85. The molecule has 0 aliphatic rings. The van der Waals surface area contributed by atoms with E-state index in [1.165, 1.54) is 18.6 Å². The van der Waals surface area contributed by atoms with E-state index in [1.807, 2.05) is 43.2 Å². The van der Waals surface area contributed by atoms with E-state index in [9.17, 15) is 0 Å². The van der Waals surface area contributed by atoms with Gasteiger partial charge in [0.05, 0.1) is 4.58 Å². The van der Waals surface area contributed by atoms with Crippen LogP contribution in [0.25, 0.3) is 0 Å². The molecule has 13 heavy (non-hydrogen) atoms. The van der Waals surface area contributed by atoms with E-state index in [2.05, 4.69) is 32.3 Å². The van der Waals surface area contributed by atoms with Gasteiger partial charge in [-0.05, 0) is 25.2 Å². The summed E-state index contributed by atoms with van der Waals surface area (Å²) >= 11 is 0. The normalized spacial score (nSPS) is 13.8. The molecule has 0 heterocycles. The van der Waals surface area contributed by atoms with E-state index in [0.717, 1.165) is 4.58 Å². The highest BCUT2D eigenvalue weighted by atomic mass is 33.1. The molecule has 0 saturated carbocycles. The van der Waals surface area contributed by atoms with Crippen LogP contribution in [0.1, 0.15) is 33.6 Å².